The predicted octanol–water partition coefficient (Wildman–Crippen LogP) is 1.65. The van der Waals surface area contributed by atoms with Crippen LogP contribution in [0.3, 0.4) is 0 Å². The molecule has 2 rings (SSSR count). The van der Waals surface area contributed by atoms with E-state index in [2.05, 4.69) is 5.32 Å². The molecule has 1 aliphatic heterocycles. The van der Waals surface area contributed by atoms with Gasteiger partial charge in [0, 0.05) is 19.5 Å². The number of morpholine rings is 1. The second-order valence-corrected chi connectivity index (χ2v) is 4.25. The maximum Gasteiger partial charge on any atom is 0.169 e. The van der Waals surface area contributed by atoms with Gasteiger partial charge in [-0.05, 0) is 19.1 Å². The monoisotopic (exact) mass is 249 g/mol. The van der Waals surface area contributed by atoms with Gasteiger partial charge in [-0.2, -0.15) is 0 Å². The van der Waals surface area contributed by atoms with Crippen LogP contribution in [-0.2, 0) is 4.74 Å². The third-order valence-corrected chi connectivity index (χ3v) is 2.90. The third kappa shape index (κ3) is 3.31. The first-order valence-corrected chi connectivity index (χ1v) is 6.38. The van der Waals surface area contributed by atoms with Crippen LogP contribution in [0.25, 0.3) is 0 Å². The SMILES string of the molecule is CCOc1ccccc1C(=O)CC1CNCCO1. The molecule has 1 aliphatic rings. The van der Waals surface area contributed by atoms with Gasteiger partial charge in [0.05, 0.1) is 24.9 Å². The molecule has 0 bridgehead atoms. The molecule has 0 aliphatic carbocycles. The van der Waals surface area contributed by atoms with Crippen molar-refractivity contribution < 1.29 is 14.3 Å². The lowest BCUT2D eigenvalue weighted by atomic mass is 10.0. The predicted molar refractivity (Wildman–Crippen MR) is 69.2 cm³/mol. The number of Topliss-reactive ketones (excluding diaryl/α,β-unsaturated/α-hetero) is 1. The first-order chi connectivity index (χ1) is 8.81. The highest BCUT2D eigenvalue weighted by Gasteiger charge is 2.20. The van der Waals surface area contributed by atoms with Gasteiger partial charge >= 0.3 is 0 Å². The highest BCUT2D eigenvalue weighted by Crippen LogP contribution is 2.20. The summed E-state index contributed by atoms with van der Waals surface area (Å²) in [5, 5.41) is 3.22. The Morgan fingerprint density at radius 1 is 1.50 bits per heavy atom. The average Bonchev–Trinajstić information content (AvgIpc) is 2.41. The van der Waals surface area contributed by atoms with Crippen molar-refractivity contribution in [3.8, 4) is 5.75 Å². The summed E-state index contributed by atoms with van der Waals surface area (Å²) in [6.07, 6.45) is 0.373. The van der Waals surface area contributed by atoms with Gasteiger partial charge in [0.15, 0.2) is 5.78 Å². The summed E-state index contributed by atoms with van der Waals surface area (Å²) >= 11 is 0. The van der Waals surface area contributed by atoms with Gasteiger partial charge in [-0.15, -0.1) is 0 Å². The maximum atomic E-state index is 12.2. The minimum absolute atomic E-state index is 0.0269. The Balaban J connectivity index is 2.03. The molecule has 1 fully saturated rings. The molecular formula is C14H19NO3. The van der Waals surface area contributed by atoms with Gasteiger partial charge in [-0.3, -0.25) is 4.79 Å². The van der Waals surface area contributed by atoms with Crippen LogP contribution >= 0.6 is 0 Å². The molecule has 1 aromatic carbocycles. The molecule has 0 amide bonds. The summed E-state index contributed by atoms with van der Waals surface area (Å²) in [5.41, 5.74) is 0.647. The second kappa shape index (κ2) is 6.52. The molecule has 0 aromatic heterocycles. The quantitative estimate of drug-likeness (QED) is 0.806. The molecule has 4 heteroatoms. The molecule has 18 heavy (non-hydrogen) atoms. The highest BCUT2D eigenvalue weighted by atomic mass is 16.5. The zero-order valence-electron chi connectivity index (χ0n) is 10.6. The van der Waals surface area contributed by atoms with Crippen LogP contribution in [0.5, 0.6) is 5.75 Å². The van der Waals surface area contributed by atoms with Crippen molar-refractivity contribution in [2.24, 2.45) is 0 Å². The van der Waals surface area contributed by atoms with Crippen LogP contribution in [0.1, 0.15) is 23.7 Å². The fourth-order valence-corrected chi connectivity index (χ4v) is 2.05. The van der Waals surface area contributed by atoms with Crippen molar-refractivity contribution in [1.29, 1.82) is 0 Å². The molecule has 1 atom stereocenters. The minimum Gasteiger partial charge on any atom is -0.493 e. The molecule has 0 saturated carbocycles. The first-order valence-electron chi connectivity index (χ1n) is 6.38. The van der Waals surface area contributed by atoms with E-state index in [1.807, 2.05) is 31.2 Å². The molecule has 1 unspecified atom stereocenters. The number of hydrogen-bond donors (Lipinski definition) is 1. The van der Waals surface area contributed by atoms with Crippen LogP contribution in [0, 0.1) is 0 Å². The number of carbonyl (C=O) groups excluding carboxylic acids is 1. The Morgan fingerprint density at radius 2 is 2.33 bits per heavy atom. The van der Waals surface area contributed by atoms with Gasteiger partial charge in [-0.1, -0.05) is 12.1 Å². The van der Waals surface area contributed by atoms with Gasteiger partial charge < -0.3 is 14.8 Å². The largest absolute Gasteiger partial charge is 0.493 e. The van der Waals surface area contributed by atoms with E-state index in [-0.39, 0.29) is 11.9 Å². The lowest BCUT2D eigenvalue weighted by Crippen LogP contribution is -2.39. The smallest absolute Gasteiger partial charge is 0.169 e. The van der Waals surface area contributed by atoms with E-state index in [0.29, 0.717) is 30.9 Å². The summed E-state index contributed by atoms with van der Waals surface area (Å²) < 4.78 is 11.0. The van der Waals surface area contributed by atoms with E-state index in [1.54, 1.807) is 0 Å². The molecular weight excluding hydrogens is 230 g/mol. The molecule has 0 spiro atoms. The van der Waals surface area contributed by atoms with Crippen LogP contribution in [-0.4, -0.2) is 38.2 Å². The Morgan fingerprint density at radius 3 is 3.06 bits per heavy atom. The molecule has 1 N–H and O–H groups in total. The Hall–Kier alpha value is -1.39. The second-order valence-electron chi connectivity index (χ2n) is 4.25. The Bertz CT molecular complexity index is 400. The van der Waals surface area contributed by atoms with Crippen molar-refractivity contribution in [2.45, 2.75) is 19.4 Å². The van der Waals surface area contributed by atoms with E-state index < -0.39 is 0 Å². The number of carbonyl (C=O) groups is 1. The maximum absolute atomic E-state index is 12.2. The minimum atomic E-state index is -0.0269. The standard InChI is InChI=1S/C14H19NO3/c1-2-17-14-6-4-3-5-12(14)13(16)9-11-10-15-7-8-18-11/h3-6,11,15H,2,7-10H2,1H3. The zero-order chi connectivity index (χ0) is 12.8. The van der Waals surface area contributed by atoms with Gasteiger partial charge in [0.2, 0.25) is 0 Å². The number of hydrogen-bond acceptors (Lipinski definition) is 4. The number of rotatable bonds is 5. The third-order valence-electron chi connectivity index (χ3n) is 2.90. The van der Waals surface area contributed by atoms with E-state index in [4.69, 9.17) is 9.47 Å². The van der Waals surface area contributed by atoms with Crippen molar-refractivity contribution in [2.75, 3.05) is 26.3 Å². The number of nitrogens with one attached hydrogen (secondary N) is 1. The number of benzene rings is 1. The Labute approximate surface area is 107 Å². The van der Waals surface area contributed by atoms with Gasteiger partial charge in [-0.25, -0.2) is 0 Å². The van der Waals surface area contributed by atoms with Crippen LogP contribution in [0.2, 0.25) is 0 Å². The summed E-state index contributed by atoms with van der Waals surface area (Å²) in [7, 11) is 0. The fourth-order valence-electron chi connectivity index (χ4n) is 2.05. The van der Waals surface area contributed by atoms with Crippen molar-refractivity contribution in [1.82, 2.24) is 5.32 Å². The van der Waals surface area contributed by atoms with Gasteiger partial charge in [0.25, 0.3) is 0 Å². The fraction of sp³-hybridized carbons (Fsp3) is 0.500. The van der Waals surface area contributed by atoms with Crippen LogP contribution in [0.15, 0.2) is 24.3 Å². The van der Waals surface area contributed by atoms with Crippen molar-refractivity contribution in [3.63, 3.8) is 0 Å². The van der Waals surface area contributed by atoms with Crippen molar-refractivity contribution in [3.05, 3.63) is 29.8 Å². The molecule has 4 nitrogen and oxygen atoms in total. The number of ketones is 1. The van der Waals surface area contributed by atoms with E-state index in [1.165, 1.54) is 0 Å². The molecule has 98 valence electrons. The molecule has 1 heterocycles. The van der Waals surface area contributed by atoms with E-state index >= 15 is 0 Å². The van der Waals surface area contributed by atoms with Gasteiger partial charge in [0.1, 0.15) is 5.75 Å². The van der Waals surface area contributed by atoms with E-state index in [9.17, 15) is 4.79 Å². The number of ether oxygens (including phenoxy) is 2. The molecule has 1 saturated heterocycles. The zero-order valence-corrected chi connectivity index (χ0v) is 10.6. The molecule has 1 aromatic rings. The Kier molecular flexibility index (Phi) is 4.73. The van der Waals surface area contributed by atoms with Crippen molar-refractivity contribution >= 4 is 5.78 Å². The van der Waals surface area contributed by atoms with Crippen LogP contribution < -0.4 is 10.1 Å². The lowest BCUT2D eigenvalue weighted by Gasteiger charge is -2.23. The first kappa shape index (κ1) is 13.1. The van der Waals surface area contributed by atoms with E-state index in [0.717, 1.165) is 13.1 Å². The average molecular weight is 249 g/mol. The molecule has 0 radical (unpaired) electrons. The lowest BCUT2D eigenvalue weighted by molar-refractivity contribution is 0.0239. The van der Waals surface area contributed by atoms with Crippen LogP contribution in [0.4, 0.5) is 0 Å². The summed E-state index contributed by atoms with van der Waals surface area (Å²) in [6.45, 7) is 4.75. The summed E-state index contributed by atoms with van der Waals surface area (Å²) in [6, 6.07) is 7.37. The summed E-state index contributed by atoms with van der Waals surface area (Å²) in [5.74, 6) is 0.738. The normalized spacial score (nSPS) is 19.5. The topological polar surface area (TPSA) is 47.6 Å². The summed E-state index contributed by atoms with van der Waals surface area (Å²) in [4.78, 5) is 12.2. The number of para-hydroxylation sites is 1. The highest BCUT2D eigenvalue weighted by molar-refractivity contribution is 5.98.